The molecule has 188 valence electrons. The monoisotopic (exact) mass is 500 g/mol. The van der Waals surface area contributed by atoms with Gasteiger partial charge in [0.15, 0.2) is 11.5 Å². The molecule has 0 spiro atoms. The fraction of sp³-hybridized carbons (Fsp3) is 0.143. The number of imide groups is 2. The summed E-state index contributed by atoms with van der Waals surface area (Å²) in [4.78, 5) is 51.8. The molecule has 4 rings (SSSR count). The number of methoxy groups -OCH3 is 1. The minimum absolute atomic E-state index is 0.180. The number of esters is 1. The second kappa shape index (κ2) is 10.8. The number of aryl methyl sites for hydroxylation is 1. The standard InChI is InChI=1S/C28H24N2O7/c1-4-36-24-16-18(11-14-23(24)37-27(33)19-12-9-17(2)10-13-19)15-20-25(31)29-28(34)30(26(20)32)21-7-5-6-8-22(21)35-3/h5-16H,4H2,1-3H3,(H,29,31,34)/b20-15+. The number of rotatable bonds is 7. The lowest BCUT2D eigenvalue weighted by atomic mass is 10.1. The molecule has 0 radical (unpaired) electrons. The van der Waals surface area contributed by atoms with Gasteiger partial charge in [-0.1, -0.05) is 35.9 Å². The third kappa shape index (κ3) is 5.35. The summed E-state index contributed by atoms with van der Waals surface area (Å²) in [5.41, 5.74) is 1.74. The van der Waals surface area contributed by atoms with Crippen molar-refractivity contribution in [1.29, 1.82) is 0 Å². The fourth-order valence-corrected chi connectivity index (χ4v) is 3.67. The quantitative estimate of drug-likeness (QED) is 0.223. The number of carbonyl (C=O) groups is 4. The second-order valence-corrected chi connectivity index (χ2v) is 8.02. The van der Waals surface area contributed by atoms with Crippen LogP contribution < -0.4 is 24.4 Å². The summed E-state index contributed by atoms with van der Waals surface area (Å²) in [5.74, 6) is -1.49. The molecular weight excluding hydrogens is 476 g/mol. The van der Waals surface area contributed by atoms with E-state index in [1.807, 2.05) is 6.92 Å². The summed E-state index contributed by atoms with van der Waals surface area (Å²) in [5, 5.41) is 2.18. The molecule has 9 heteroatoms. The van der Waals surface area contributed by atoms with Gasteiger partial charge in [0, 0.05) is 0 Å². The first-order valence-electron chi connectivity index (χ1n) is 11.4. The van der Waals surface area contributed by atoms with E-state index in [2.05, 4.69) is 5.32 Å². The Balaban J connectivity index is 1.65. The van der Waals surface area contributed by atoms with E-state index in [4.69, 9.17) is 14.2 Å². The Morgan fingerprint density at radius 3 is 2.38 bits per heavy atom. The van der Waals surface area contributed by atoms with Crippen molar-refractivity contribution in [3.63, 3.8) is 0 Å². The van der Waals surface area contributed by atoms with E-state index >= 15 is 0 Å². The van der Waals surface area contributed by atoms with E-state index in [0.29, 0.717) is 11.1 Å². The number of nitrogens with zero attached hydrogens (tertiary/aromatic N) is 1. The van der Waals surface area contributed by atoms with E-state index in [9.17, 15) is 19.2 Å². The van der Waals surface area contributed by atoms with Gasteiger partial charge in [-0.3, -0.25) is 14.9 Å². The molecule has 1 aliphatic heterocycles. The molecule has 37 heavy (non-hydrogen) atoms. The first-order chi connectivity index (χ1) is 17.8. The number of benzene rings is 3. The lowest BCUT2D eigenvalue weighted by molar-refractivity contribution is -0.122. The van der Waals surface area contributed by atoms with Crippen LogP contribution in [0.25, 0.3) is 6.08 Å². The van der Waals surface area contributed by atoms with Gasteiger partial charge in [0.2, 0.25) is 0 Å². The van der Waals surface area contributed by atoms with Crippen LogP contribution in [0.5, 0.6) is 17.2 Å². The van der Waals surface area contributed by atoms with Gasteiger partial charge in [0.25, 0.3) is 11.8 Å². The molecule has 0 bridgehead atoms. The highest BCUT2D eigenvalue weighted by atomic mass is 16.6. The molecule has 4 amide bonds. The number of nitrogens with one attached hydrogen (secondary N) is 1. The molecule has 0 saturated carbocycles. The summed E-state index contributed by atoms with van der Waals surface area (Å²) in [7, 11) is 1.41. The zero-order chi connectivity index (χ0) is 26.5. The largest absolute Gasteiger partial charge is 0.495 e. The molecule has 1 heterocycles. The van der Waals surface area contributed by atoms with E-state index in [-0.39, 0.29) is 35.1 Å². The lowest BCUT2D eigenvalue weighted by Gasteiger charge is -2.27. The van der Waals surface area contributed by atoms with Crippen molar-refractivity contribution in [2.75, 3.05) is 18.6 Å². The summed E-state index contributed by atoms with van der Waals surface area (Å²) >= 11 is 0. The van der Waals surface area contributed by atoms with Gasteiger partial charge >= 0.3 is 12.0 Å². The number of hydrogen-bond donors (Lipinski definition) is 1. The van der Waals surface area contributed by atoms with Crippen molar-refractivity contribution in [3.8, 4) is 17.2 Å². The maximum Gasteiger partial charge on any atom is 0.343 e. The number of barbiturate groups is 1. The van der Waals surface area contributed by atoms with Crippen LogP contribution in [0.1, 0.15) is 28.4 Å². The SMILES string of the molecule is CCOc1cc(/C=C2\C(=O)NC(=O)N(c3ccccc3OC)C2=O)ccc1OC(=O)c1ccc(C)cc1. The predicted molar refractivity (Wildman–Crippen MR) is 136 cm³/mol. The van der Waals surface area contributed by atoms with Crippen molar-refractivity contribution >= 4 is 35.6 Å². The summed E-state index contributed by atoms with van der Waals surface area (Å²) in [6.45, 7) is 3.97. The van der Waals surface area contributed by atoms with Crippen molar-refractivity contribution in [1.82, 2.24) is 5.32 Å². The highest BCUT2D eigenvalue weighted by Crippen LogP contribution is 2.33. The summed E-state index contributed by atoms with van der Waals surface area (Å²) < 4.78 is 16.4. The number of para-hydroxylation sites is 2. The number of urea groups is 1. The van der Waals surface area contributed by atoms with Gasteiger partial charge in [-0.2, -0.15) is 0 Å². The molecule has 1 N–H and O–H groups in total. The summed E-state index contributed by atoms with van der Waals surface area (Å²) in [6, 6.07) is 17.1. The smallest absolute Gasteiger partial charge is 0.343 e. The molecule has 3 aromatic carbocycles. The van der Waals surface area contributed by atoms with E-state index in [1.165, 1.54) is 25.3 Å². The van der Waals surface area contributed by atoms with Crippen molar-refractivity contribution in [2.45, 2.75) is 13.8 Å². The van der Waals surface area contributed by atoms with Crippen LogP contribution in [0, 0.1) is 6.92 Å². The topological polar surface area (TPSA) is 111 Å². The Morgan fingerprint density at radius 2 is 1.68 bits per heavy atom. The zero-order valence-corrected chi connectivity index (χ0v) is 20.4. The molecule has 9 nitrogen and oxygen atoms in total. The maximum absolute atomic E-state index is 13.2. The minimum Gasteiger partial charge on any atom is -0.495 e. The normalized spacial score (nSPS) is 14.4. The zero-order valence-electron chi connectivity index (χ0n) is 20.4. The van der Waals surface area contributed by atoms with Gasteiger partial charge in [-0.25, -0.2) is 14.5 Å². The average Bonchev–Trinajstić information content (AvgIpc) is 2.88. The van der Waals surface area contributed by atoms with Crippen molar-refractivity contribution in [3.05, 3.63) is 89.0 Å². The van der Waals surface area contributed by atoms with Crippen LogP contribution in [0.4, 0.5) is 10.5 Å². The summed E-state index contributed by atoms with van der Waals surface area (Å²) in [6.07, 6.45) is 1.33. The second-order valence-electron chi connectivity index (χ2n) is 8.02. The Labute approximate surface area is 213 Å². The lowest BCUT2D eigenvalue weighted by Crippen LogP contribution is -2.54. The number of anilines is 1. The maximum atomic E-state index is 13.2. The fourth-order valence-electron chi connectivity index (χ4n) is 3.67. The Kier molecular flexibility index (Phi) is 7.34. The number of hydrogen-bond acceptors (Lipinski definition) is 7. The van der Waals surface area contributed by atoms with Gasteiger partial charge in [-0.05, 0) is 61.9 Å². The highest BCUT2D eigenvalue weighted by Gasteiger charge is 2.38. The Hall–Kier alpha value is -4.92. The van der Waals surface area contributed by atoms with E-state index in [0.717, 1.165) is 10.5 Å². The third-order valence-electron chi connectivity index (χ3n) is 5.50. The van der Waals surface area contributed by atoms with Crippen molar-refractivity contribution in [2.24, 2.45) is 0 Å². The van der Waals surface area contributed by atoms with E-state index < -0.39 is 23.8 Å². The van der Waals surface area contributed by atoms with Crippen LogP contribution in [-0.4, -0.2) is 37.5 Å². The predicted octanol–water partition coefficient (Wildman–Crippen LogP) is 4.29. The van der Waals surface area contributed by atoms with Crippen LogP contribution in [0.2, 0.25) is 0 Å². The first-order valence-corrected chi connectivity index (χ1v) is 11.4. The van der Waals surface area contributed by atoms with Gasteiger partial charge in [-0.15, -0.1) is 0 Å². The van der Waals surface area contributed by atoms with Crippen LogP contribution in [-0.2, 0) is 9.59 Å². The average molecular weight is 501 g/mol. The van der Waals surface area contributed by atoms with Gasteiger partial charge < -0.3 is 14.2 Å². The number of carbonyl (C=O) groups excluding carboxylic acids is 4. The number of ether oxygens (including phenoxy) is 3. The number of amides is 4. The molecular formula is C28H24N2O7. The van der Waals surface area contributed by atoms with Crippen LogP contribution in [0.15, 0.2) is 72.3 Å². The molecule has 0 unspecified atom stereocenters. The van der Waals surface area contributed by atoms with Gasteiger partial charge in [0.1, 0.15) is 11.3 Å². The molecule has 1 fully saturated rings. The molecule has 0 aliphatic carbocycles. The Bertz CT molecular complexity index is 1410. The molecule has 1 saturated heterocycles. The molecule has 3 aromatic rings. The molecule has 0 aromatic heterocycles. The third-order valence-corrected chi connectivity index (χ3v) is 5.50. The highest BCUT2D eigenvalue weighted by molar-refractivity contribution is 6.39. The molecule has 1 aliphatic rings. The Morgan fingerprint density at radius 1 is 0.946 bits per heavy atom. The van der Waals surface area contributed by atoms with Crippen LogP contribution >= 0.6 is 0 Å². The molecule has 0 atom stereocenters. The van der Waals surface area contributed by atoms with Crippen LogP contribution in [0.3, 0.4) is 0 Å². The first kappa shape index (κ1) is 25.2. The van der Waals surface area contributed by atoms with Crippen molar-refractivity contribution < 1.29 is 33.4 Å². The van der Waals surface area contributed by atoms with Gasteiger partial charge in [0.05, 0.1) is 25.0 Å². The van der Waals surface area contributed by atoms with E-state index in [1.54, 1.807) is 61.5 Å². The minimum atomic E-state index is -0.884.